The second-order valence-corrected chi connectivity index (χ2v) is 12.8. The Morgan fingerprint density at radius 3 is 2.59 bits per heavy atom. The Hall–Kier alpha value is -1.61. The molecule has 4 rings (SSSR count). The molecule has 172 valence electrons. The number of hydrogen-bond acceptors (Lipinski definition) is 6. The van der Waals surface area contributed by atoms with Gasteiger partial charge in [-0.2, -0.15) is 0 Å². The van der Waals surface area contributed by atoms with E-state index in [1.54, 1.807) is 6.07 Å². The van der Waals surface area contributed by atoms with Crippen molar-refractivity contribution in [3.63, 3.8) is 0 Å². The molecule has 9 heteroatoms. The highest BCUT2D eigenvalue weighted by molar-refractivity contribution is 7.99. The van der Waals surface area contributed by atoms with Gasteiger partial charge in [0.05, 0.1) is 20.8 Å². The van der Waals surface area contributed by atoms with Gasteiger partial charge >= 0.3 is 0 Å². The number of sulfone groups is 1. The standard InChI is InChI=1S/C23H28ClN3O3S2/c1-23(2,3)22-26-18-11-16(31-20-12-17(32(4,28)29)13-25-21(20)24)5-6-19(18)27(22)14-15-7-9-30-10-8-15/h5-6,11-13,15H,7-10,14H2,1-4H3. The number of imidazole rings is 1. The number of ether oxygens (including phenoxy) is 1. The van der Waals surface area contributed by atoms with E-state index in [-0.39, 0.29) is 15.5 Å². The number of hydrogen-bond donors (Lipinski definition) is 0. The van der Waals surface area contributed by atoms with Crippen molar-refractivity contribution in [3.8, 4) is 0 Å². The zero-order valence-corrected chi connectivity index (χ0v) is 21.1. The Bertz CT molecular complexity index is 1240. The topological polar surface area (TPSA) is 74.1 Å². The highest BCUT2D eigenvalue weighted by Gasteiger charge is 2.25. The van der Waals surface area contributed by atoms with Gasteiger partial charge < -0.3 is 9.30 Å². The van der Waals surface area contributed by atoms with Crippen LogP contribution in [-0.2, 0) is 26.5 Å². The van der Waals surface area contributed by atoms with Crippen LogP contribution in [0.2, 0.25) is 5.15 Å². The van der Waals surface area contributed by atoms with E-state index in [0.29, 0.717) is 10.8 Å². The molecule has 0 spiro atoms. The Labute approximate surface area is 198 Å². The van der Waals surface area contributed by atoms with Crippen molar-refractivity contribution in [1.29, 1.82) is 0 Å². The van der Waals surface area contributed by atoms with Crippen molar-refractivity contribution in [1.82, 2.24) is 14.5 Å². The molecular weight excluding hydrogens is 466 g/mol. The van der Waals surface area contributed by atoms with Gasteiger partial charge in [0.2, 0.25) is 0 Å². The van der Waals surface area contributed by atoms with Crippen molar-refractivity contribution < 1.29 is 13.2 Å². The van der Waals surface area contributed by atoms with E-state index in [4.69, 9.17) is 21.3 Å². The fraction of sp³-hybridized carbons (Fsp3) is 0.478. The highest BCUT2D eigenvalue weighted by Crippen LogP contribution is 2.36. The third kappa shape index (κ3) is 5.14. The molecule has 0 aliphatic carbocycles. The van der Waals surface area contributed by atoms with Gasteiger partial charge in [-0.3, -0.25) is 0 Å². The lowest BCUT2D eigenvalue weighted by atomic mass is 9.94. The molecule has 0 saturated carbocycles. The minimum atomic E-state index is -3.36. The molecule has 0 radical (unpaired) electrons. The Morgan fingerprint density at radius 1 is 1.22 bits per heavy atom. The summed E-state index contributed by atoms with van der Waals surface area (Å²) in [6.45, 7) is 9.14. The third-order valence-electron chi connectivity index (χ3n) is 5.61. The van der Waals surface area contributed by atoms with E-state index in [0.717, 1.165) is 60.6 Å². The van der Waals surface area contributed by atoms with Crippen molar-refractivity contribution >= 4 is 44.2 Å². The van der Waals surface area contributed by atoms with E-state index in [1.807, 2.05) is 12.1 Å². The second kappa shape index (κ2) is 8.97. The van der Waals surface area contributed by atoms with Crippen LogP contribution in [0.5, 0.6) is 0 Å². The average molecular weight is 494 g/mol. The lowest BCUT2D eigenvalue weighted by Gasteiger charge is -2.26. The van der Waals surface area contributed by atoms with Crippen LogP contribution in [0.1, 0.15) is 39.4 Å². The number of rotatable bonds is 5. The van der Waals surface area contributed by atoms with E-state index >= 15 is 0 Å². The molecule has 1 aromatic carbocycles. The molecule has 1 saturated heterocycles. The van der Waals surface area contributed by atoms with Gasteiger partial charge in [0.1, 0.15) is 11.0 Å². The summed E-state index contributed by atoms with van der Waals surface area (Å²) in [7, 11) is -3.36. The first-order valence-corrected chi connectivity index (χ1v) is 13.7. The third-order valence-corrected chi connectivity index (χ3v) is 8.12. The molecule has 6 nitrogen and oxygen atoms in total. The van der Waals surface area contributed by atoms with Crippen LogP contribution in [0.15, 0.2) is 45.1 Å². The summed E-state index contributed by atoms with van der Waals surface area (Å²) in [4.78, 5) is 10.8. The second-order valence-electron chi connectivity index (χ2n) is 9.34. The fourth-order valence-corrected chi connectivity index (χ4v) is 5.68. The molecule has 1 aliphatic heterocycles. The van der Waals surface area contributed by atoms with Crippen LogP contribution in [0.3, 0.4) is 0 Å². The maximum atomic E-state index is 11.9. The fourth-order valence-electron chi connectivity index (χ4n) is 3.93. The summed E-state index contributed by atoms with van der Waals surface area (Å²) in [5.41, 5.74) is 1.95. The molecule has 0 atom stereocenters. The van der Waals surface area contributed by atoms with E-state index in [1.165, 1.54) is 18.0 Å². The number of halogens is 1. The molecule has 1 fully saturated rings. The van der Waals surface area contributed by atoms with Gasteiger partial charge in [-0.05, 0) is 43.0 Å². The minimum absolute atomic E-state index is 0.0888. The Balaban J connectivity index is 1.70. The number of fused-ring (bicyclic) bond motifs is 1. The van der Waals surface area contributed by atoms with Crippen LogP contribution >= 0.6 is 23.4 Å². The van der Waals surface area contributed by atoms with Crippen molar-refractivity contribution in [3.05, 3.63) is 41.4 Å². The van der Waals surface area contributed by atoms with Crippen molar-refractivity contribution in [2.24, 2.45) is 5.92 Å². The summed E-state index contributed by atoms with van der Waals surface area (Å²) >= 11 is 7.65. The number of benzene rings is 1. The molecule has 32 heavy (non-hydrogen) atoms. The van der Waals surface area contributed by atoms with Crippen LogP contribution in [-0.4, -0.2) is 42.4 Å². The number of pyridine rings is 1. The van der Waals surface area contributed by atoms with Crippen molar-refractivity contribution in [2.75, 3.05) is 19.5 Å². The largest absolute Gasteiger partial charge is 0.381 e. The average Bonchev–Trinajstić information content (AvgIpc) is 3.08. The summed E-state index contributed by atoms with van der Waals surface area (Å²) in [5, 5.41) is 0.280. The van der Waals surface area contributed by atoms with Gasteiger partial charge in [0.15, 0.2) is 9.84 Å². The van der Waals surface area contributed by atoms with Crippen LogP contribution < -0.4 is 0 Å². The lowest BCUT2D eigenvalue weighted by molar-refractivity contribution is 0.0611. The van der Waals surface area contributed by atoms with Gasteiger partial charge in [-0.1, -0.05) is 44.1 Å². The molecule has 0 N–H and O–H groups in total. The van der Waals surface area contributed by atoms with Crippen LogP contribution in [0.4, 0.5) is 0 Å². The summed E-state index contributed by atoms with van der Waals surface area (Å²) in [6.07, 6.45) is 4.59. The van der Waals surface area contributed by atoms with Gasteiger partial charge in [-0.25, -0.2) is 18.4 Å². The molecule has 0 bridgehead atoms. The smallest absolute Gasteiger partial charge is 0.177 e. The van der Waals surface area contributed by atoms with Gasteiger partial charge in [0, 0.05) is 42.5 Å². The number of aromatic nitrogens is 3. The van der Waals surface area contributed by atoms with E-state index < -0.39 is 9.84 Å². The summed E-state index contributed by atoms with van der Waals surface area (Å²) in [5.74, 6) is 1.65. The first-order valence-electron chi connectivity index (χ1n) is 10.6. The molecule has 0 amide bonds. The normalized spacial score (nSPS) is 16.0. The summed E-state index contributed by atoms with van der Waals surface area (Å²) < 4.78 is 31.7. The maximum Gasteiger partial charge on any atom is 0.177 e. The van der Waals surface area contributed by atoms with Crippen LogP contribution in [0.25, 0.3) is 11.0 Å². The predicted molar refractivity (Wildman–Crippen MR) is 128 cm³/mol. The minimum Gasteiger partial charge on any atom is -0.381 e. The van der Waals surface area contributed by atoms with E-state index in [9.17, 15) is 8.42 Å². The molecule has 1 aliphatic rings. The lowest BCUT2D eigenvalue weighted by Crippen LogP contribution is -2.25. The first kappa shape index (κ1) is 23.5. The zero-order valence-electron chi connectivity index (χ0n) is 18.8. The summed E-state index contributed by atoms with van der Waals surface area (Å²) in [6, 6.07) is 7.75. The van der Waals surface area contributed by atoms with Gasteiger partial charge in [0.25, 0.3) is 0 Å². The molecule has 2 aromatic heterocycles. The highest BCUT2D eigenvalue weighted by atomic mass is 35.5. The molecule has 3 heterocycles. The zero-order chi connectivity index (χ0) is 23.1. The maximum absolute atomic E-state index is 11.9. The predicted octanol–water partition coefficient (Wildman–Crippen LogP) is 5.36. The quantitative estimate of drug-likeness (QED) is 0.445. The molecular formula is C23H28ClN3O3S2. The van der Waals surface area contributed by atoms with Gasteiger partial charge in [-0.15, -0.1) is 0 Å². The monoisotopic (exact) mass is 493 g/mol. The van der Waals surface area contributed by atoms with Crippen LogP contribution in [0, 0.1) is 5.92 Å². The van der Waals surface area contributed by atoms with E-state index in [2.05, 4.69) is 36.4 Å². The number of nitrogens with zero attached hydrogens (tertiary/aromatic N) is 3. The molecule has 0 unspecified atom stereocenters. The first-order chi connectivity index (χ1) is 15.0. The Morgan fingerprint density at radius 2 is 1.94 bits per heavy atom. The molecule has 3 aromatic rings. The SMILES string of the molecule is CC(C)(C)c1nc2cc(Sc3cc(S(C)(=O)=O)cnc3Cl)ccc2n1CC1CCOCC1. The van der Waals surface area contributed by atoms with Crippen molar-refractivity contribution in [2.45, 2.75) is 60.3 Å². The Kier molecular flexibility index (Phi) is 6.60.